The summed E-state index contributed by atoms with van der Waals surface area (Å²) in [6.45, 7) is 2.94. The van der Waals surface area contributed by atoms with Crippen LogP contribution in [0.1, 0.15) is 11.3 Å². The standard InChI is InChI=1S/C13H13N3S/c1-9-3-2-4-12-11(9)5-6-16(12)8-10-7-14-13(17)15-10/h2-7H,8H2,1H3,(H2,14,15,17). The zero-order valence-corrected chi connectivity index (χ0v) is 10.3. The highest BCUT2D eigenvalue weighted by Crippen LogP contribution is 2.20. The summed E-state index contributed by atoms with van der Waals surface area (Å²) in [7, 11) is 0. The van der Waals surface area contributed by atoms with Crippen LogP contribution in [-0.4, -0.2) is 14.5 Å². The van der Waals surface area contributed by atoms with Crippen molar-refractivity contribution < 1.29 is 0 Å². The molecule has 1 aromatic carbocycles. The molecule has 2 N–H and O–H groups in total. The van der Waals surface area contributed by atoms with E-state index >= 15 is 0 Å². The highest BCUT2D eigenvalue weighted by atomic mass is 32.1. The molecule has 0 bridgehead atoms. The van der Waals surface area contributed by atoms with Gasteiger partial charge < -0.3 is 14.5 Å². The molecule has 0 radical (unpaired) electrons. The molecule has 86 valence electrons. The van der Waals surface area contributed by atoms with Gasteiger partial charge in [0.2, 0.25) is 0 Å². The average Bonchev–Trinajstić information content (AvgIpc) is 2.88. The van der Waals surface area contributed by atoms with Crippen molar-refractivity contribution in [2.24, 2.45) is 0 Å². The van der Waals surface area contributed by atoms with Gasteiger partial charge in [-0.3, -0.25) is 0 Å². The molecular formula is C13H13N3S. The van der Waals surface area contributed by atoms with Crippen molar-refractivity contribution in [3.05, 3.63) is 52.7 Å². The fourth-order valence-corrected chi connectivity index (χ4v) is 2.34. The van der Waals surface area contributed by atoms with Gasteiger partial charge >= 0.3 is 0 Å². The molecule has 0 aliphatic carbocycles. The lowest BCUT2D eigenvalue weighted by molar-refractivity contribution is 0.813. The number of imidazole rings is 1. The van der Waals surface area contributed by atoms with Crippen molar-refractivity contribution in [2.45, 2.75) is 13.5 Å². The van der Waals surface area contributed by atoms with Crippen molar-refractivity contribution in [1.29, 1.82) is 0 Å². The van der Waals surface area contributed by atoms with Crippen LogP contribution in [0.4, 0.5) is 0 Å². The first-order valence-corrected chi connectivity index (χ1v) is 5.96. The molecule has 0 aliphatic rings. The van der Waals surface area contributed by atoms with Gasteiger partial charge in [-0.25, -0.2) is 0 Å². The van der Waals surface area contributed by atoms with Gasteiger partial charge in [-0.15, -0.1) is 0 Å². The maximum atomic E-state index is 5.02. The Hall–Kier alpha value is -1.81. The topological polar surface area (TPSA) is 36.5 Å². The van der Waals surface area contributed by atoms with Crippen LogP contribution in [-0.2, 0) is 6.54 Å². The minimum atomic E-state index is 0.674. The summed E-state index contributed by atoms with van der Waals surface area (Å²) >= 11 is 5.02. The van der Waals surface area contributed by atoms with E-state index in [4.69, 9.17) is 12.2 Å². The number of rotatable bonds is 2. The van der Waals surface area contributed by atoms with Crippen LogP contribution in [0.5, 0.6) is 0 Å². The van der Waals surface area contributed by atoms with Crippen molar-refractivity contribution in [3.63, 3.8) is 0 Å². The predicted octanol–water partition coefficient (Wildman–Crippen LogP) is 3.38. The maximum Gasteiger partial charge on any atom is 0.174 e. The Labute approximate surface area is 104 Å². The number of benzene rings is 1. The molecule has 4 heteroatoms. The molecule has 3 aromatic rings. The lowest BCUT2D eigenvalue weighted by atomic mass is 10.1. The zero-order valence-electron chi connectivity index (χ0n) is 9.53. The van der Waals surface area contributed by atoms with E-state index in [0.717, 1.165) is 12.2 Å². The van der Waals surface area contributed by atoms with Crippen LogP contribution in [0.2, 0.25) is 0 Å². The maximum absolute atomic E-state index is 5.02. The normalized spacial score (nSPS) is 11.1. The number of aromatic amines is 2. The van der Waals surface area contributed by atoms with Gasteiger partial charge in [0.25, 0.3) is 0 Å². The molecule has 2 aromatic heterocycles. The molecule has 0 spiro atoms. The van der Waals surface area contributed by atoms with Crippen LogP contribution >= 0.6 is 12.2 Å². The van der Waals surface area contributed by atoms with Gasteiger partial charge in [-0.1, -0.05) is 12.1 Å². The van der Waals surface area contributed by atoms with Gasteiger partial charge in [0.1, 0.15) is 0 Å². The van der Waals surface area contributed by atoms with Gasteiger partial charge in [0.05, 0.1) is 12.2 Å². The van der Waals surface area contributed by atoms with Gasteiger partial charge in [0.15, 0.2) is 4.77 Å². The van der Waals surface area contributed by atoms with Gasteiger partial charge in [0, 0.05) is 23.3 Å². The van der Waals surface area contributed by atoms with E-state index in [0.29, 0.717) is 4.77 Å². The number of fused-ring (bicyclic) bond motifs is 1. The molecule has 0 aliphatic heterocycles. The Kier molecular flexibility index (Phi) is 2.37. The molecule has 0 amide bonds. The molecule has 17 heavy (non-hydrogen) atoms. The van der Waals surface area contributed by atoms with Crippen LogP contribution in [0.25, 0.3) is 10.9 Å². The second-order valence-corrected chi connectivity index (χ2v) is 4.63. The highest BCUT2D eigenvalue weighted by molar-refractivity contribution is 7.71. The monoisotopic (exact) mass is 243 g/mol. The largest absolute Gasteiger partial charge is 0.341 e. The number of H-pyrrole nitrogens is 2. The first kappa shape index (κ1) is 10.4. The summed E-state index contributed by atoms with van der Waals surface area (Å²) in [6.07, 6.45) is 4.03. The highest BCUT2D eigenvalue weighted by Gasteiger charge is 2.03. The Morgan fingerprint density at radius 2 is 2.18 bits per heavy atom. The average molecular weight is 243 g/mol. The van der Waals surface area contributed by atoms with E-state index in [9.17, 15) is 0 Å². The third-order valence-electron chi connectivity index (χ3n) is 3.02. The second-order valence-electron chi connectivity index (χ2n) is 4.22. The second kappa shape index (κ2) is 3.89. The molecule has 3 nitrogen and oxygen atoms in total. The van der Waals surface area contributed by atoms with Crippen molar-refractivity contribution in [1.82, 2.24) is 14.5 Å². The van der Waals surface area contributed by atoms with E-state index in [1.807, 2.05) is 6.20 Å². The first-order valence-electron chi connectivity index (χ1n) is 5.55. The minimum Gasteiger partial charge on any atom is -0.341 e. The number of aryl methyl sites for hydroxylation is 1. The van der Waals surface area contributed by atoms with Crippen LogP contribution < -0.4 is 0 Å². The Balaban J connectivity index is 2.06. The summed E-state index contributed by atoms with van der Waals surface area (Å²) in [4.78, 5) is 6.12. The van der Waals surface area contributed by atoms with E-state index in [2.05, 4.69) is 51.9 Å². The smallest absolute Gasteiger partial charge is 0.174 e. The third kappa shape index (κ3) is 1.80. The molecule has 0 saturated heterocycles. The number of hydrogen-bond acceptors (Lipinski definition) is 1. The number of hydrogen-bond donors (Lipinski definition) is 2. The van der Waals surface area contributed by atoms with E-state index in [1.165, 1.54) is 16.5 Å². The summed E-state index contributed by atoms with van der Waals surface area (Å²) < 4.78 is 2.89. The van der Waals surface area contributed by atoms with E-state index in [-0.39, 0.29) is 0 Å². The lowest BCUT2D eigenvalue weighted by Gasteiger charge is -2.03. The van der Waals surface area contributed by atoms with Crippen LogP contribution in [0.15, 0.2) is 36.7 Å². The van der Waals surface area contributed by atoms with Crippen LogP contribution in [0, 0.1) is 11.7 Å². The Morgan fingerprint density at radius 3 is 2.94 bits per heavy atom. The molecule has 0 unspecified atom stereocenters. The molecular weight excluding hydrogens is 230 g/mol. The fourth-order valence-electron chi connectivity index (χ4n) is 2.15. The summed E-state index contributed by atoms with van der Waals surface area (Å²) in [5.41, 5.74) is 3.66. The summed E-state index contributed by atoms with van der Waals surface area (Å²) in [6, 6.07) is 8.53. The van der Waals surface area contributed by atoms with E-state index < -0.39 is 0 Å². The predicted molar refractivity (Wildman–Crippen MR) is 71.8 cm³/mol. The van der Waals surface area contributed by atoms with Crippen molar-refractivity contribution in [2.75, 3.05) is 0 Å². The number of aromatic nitrogens is 3. The molecule has 0 saturated carbocycles. The zero-order chi connectivity index (χ0) is 11.8. The minimum absolute atomic E-state index is 0.674. The lowest BCUT2D eigenvalue weighted by Crippen LogP contribution is -1.97. The van der Waals surface area contributed by atoms with Gasteiger partial charge in [-0.05, 0) is 36.8 Å². The molecule has 0 atom stereocenters. The van der Waals surface area contributed by atoms with E-state index in [1.54, 1.807) is 0 Å². The summed E-state index contributed by atoms with van der Waals surface area (Å²) in [5, 5.41) is 1.31. The number of nitrogens with zero attached hydrogens (tertiary/aromatic N) is 1. The molecule has 2 heterocycles. The Morgan fingerprint density at radius 1 is 1.29 bits per heavy atom. The fraction of sp³-hybridized carbons (Fsp3) is 0.154. The molecule has 0 fully saturated rings. The van der Waals surface area contributed by atoms with Crippen molar-refractivity contribution in [3.8, 4) is 0 Å². The Bertz CT molecular complexity index is 717. The first-order chi connectivity index (χ1) is 8.24. The van der Waals surface area contributed by atoms with Crippen molar-refractivity contribution >= 4 is 23.1 Å². The summed E-state index contributed by atoms with van der Waals surface area (Å²) in [5.74, 6) is 0. The quantitative estimate of drug-likeness (QED) is 0.665. The third-order valence-corrected chi connectivity index (χ3v) is 3.24. The SMILES string of the molecule is Cc1cccc2c1ccn2Cc1c[nH]c(=S)[nH]1. The van der Waals surface area contributed by atoms with Gasteiger partial charge in [-0.2, -0.15) is 0 Å². The molecule has 3 rings (SSSR count). The van der Waals surface area contributed by atoms with Crippen LogP contribution in [0.3, 0.4) is 0 Å². The number of nitrogens with one attached hydrogen (secondary N) is 2.